The topological polar surface area (TPSA) is 260 Å². The van der Waals surface area contributed by atoms with Gasteiger partial charge in [-0.2, -0.15) is 13.2 Å². The predicted octanol–water partition coefficient (Wildman–Crippen LogP) is 5.57. The van der Waals surface area contributed by atoms with E-state index in [0.29, 0.717) is 45.6 Å². The number of hydrogen-bond acceptors (Lipinski definition) is 17. The van der Waals surface area contributed by atoms with Gasteiger partial charge in [0.05, 0.1) is 36.7 Å². The van der Waals surface area contributed by atoms with Crippen molar-refractivity contribution in [2.24, 2.45) is 0 Å². The number of alkyl carbamates (subject to hydrolysis) is 2. The molecule has 3 amide bonds. The smallest absolute Gasteiger partial charge is 0.444 e. The molecule has 334 valence electrons. The molecule has 6 heterocycles. The quantitative estimate of drug-likeness (QED) is 0.144. The van der Waals surface area contributed by atoms with E-state index in [-0.39, 0.29) is 31.2 Å². The lowest BCUT2D eigenvalue weighted by molar-refractivity contribution is -0.173. The molecular formula is C41H44F3N15O5. The van der Waals surface area contributed by atoms with Crippen LogP contribution in [-0.4, -0.2) is 96.2 Å². The van der Waals surface area contributed by atoms with Gasteiger partial charge >= 0.3 is 24.3 Å². The Morgan fingerprint density at radius 2 is 0.766 bits per heavy atom. The van der Waals surface area contributed by atoms with Gasteiger partial charge in [0.15, 0.2) is 0 Å². The molecule has 0 aromatic carbocycles. The first-order valence-corrected chi connectivity index (χ1v) is 19.5. The summed E-state index contributed by atoms with van der Waals surface area (Å²) in [6.07, 6.45) is 0.950. The third kappa shape index (κ3) is 15.0. The standard InChI is InChI=1S/C24H30N8O4.C17H14F3N7O/c1-23(2,3)35-21(33)27-13-17-11-15(7-9-25-17)19-29-31-20(32-30-19)16-8-10-26-18(12-16)14-28-22(34)36-24(4,5)6;1-2-12-7-10(3-5-21-12)14-24-26-15(27-25-14)11-4-6-22-13(8-11)9-23-16(28)17(18,19)20/h7-12H,13-14H2,1-6H3,(H,27,33)(H,28,34);3-8H,2,9H2,1H3,(H,23,28). The minimum Gasteiger partial charge on any atom is -0.444 e. The van der Waals surface area contributed by atoms with Gasteiger partial charge in [-0.25, -0.2) is 9.59 Å². The van der Waals surface area contributed by atoms with Gasteiger partial charge in [0.25, 0.3) is 0 Å². The highest BCUT2D eigenvalue weighted by atomic mass is 19.4. The van der Waals surface area contributed by atoms with Crippen LogP contribution in [0.3, 0.4) is 0 Å². The first kappa shape index (κ1) is 47.3. The summed E-state index contributed by atoms with van der Waals surface area (Å²) in [4.78, 5) is 51.3. The summed E-state index contributed by atoms with van der Waals surface area (Å²) >= 11 is 0. The average Bonchev–Trinajstić information content (AvgIpc) is 3.26. The number of amides is 3. The van der Waals surface area contributed by atoms with Crippen molar-refractivity contribution < 1.29 is 37.0 Å². The van der Waals surface area contributed by atoms with E-state index in [2.05, 4.69) is 71.4 Å². The molecule has 0 aliphatic heterocycles. The molecule has 23 heteroatoms. The van der Waals surface area contributed by atoms with Crippen molar-refractivity contribution in [2.75, 3.05) is 0 Å². The fraction of sp³-hybridized carbons (Fsp3) is 0.341. The van der Waals surface area contributed by atoms with Crippen LogP contribution in [0, 0.1) is 0 Å². The lowest BCUT2D eigenvalue weighted by Crippen LogP contribution is -2.36. The average molecular weight is 884 g/mol. The van der Waals surface area contributed by atoms with Crippen LogP contribution in [0.2, 0.25) is 0 Å². The fourth-order valence-electron chi connectivity index (χ4n) is 5.10. The second-order valence-corrected chi connectivity index (χ2v) is 15.5. The van der Waals surface area contributed by atoms with Crippen molar-refractivity contribution in [3.63, 3.8) is 0 Å². The molecule has 0 saturated carbocycles. The van der Waals surface area contributed by atoms with E-state index in [1.807, 2.05) is 13.0 Å². The van der Waals surface area contributed by atoms with Crippen molar-refractivity contribution in [1.29, 1.82) is 0 Å². The van der Waals surface area contributed by atoms with Gasteiger partial charge in [-0.05, 0) is 96.5 Å². The number of rotatable bonds is 11. The van der Waals surface area contributed by atoms with Crippen molar-refractivity contribution in [3.8, 4) is 45.6 Å². The minimum atomic E-state index is -4.95. The molecule has 0 atom stereocenters. The highest BCUT2D eigenvalue weighted by molar-refractivity contribution is 5.81. The van der Waals surface area contributed by atoms with E-state index in [4.69, 9.17) is 9.47 Å². The molecule has 0 unspecified atom stereocenters. The van der Waals surface area contributed by atoms with Crippen molar-refractivity contribution in [1.82, 2.24) is 76.7 Å². The number of aryl methyl sites for hydroxylation is 1. The molecule has 64 heavy (non-hydrogen) atoms. The van der Waals surface area contributed by atoms with Gasteiger partial charge in [0.1, 0.15) is 11.2 Å². The van der Waals surface area contributed by atoms with Crippen LogP contribution >= 0.6 is 0 Å². The second-order valence-electron chi connectivity index (χ2n) is 15.5. The minimum absolute atomic E-state index is 0.179. The van der Waals surface area contributed by atoms with Crippen LogP contribution < -0.4 is 16.0 Å². The zero-order chi connectivity index (χ0) is 46.5. The van der Waals surface area contributed by atoms with Crippen LogP contribution in [0.1, 0.15) is 71.2 Å². The van der Waals surface area contributed by atoms with E-state index >= 15 is 0 Å². The number of hydrogen-bond donors (Lipinski definition) is 3. The summed E-state index contributed by atoms with van der Waals surface area (Å²) in [6, 6.07) is 13.5. The molecule has 0 spiro atoms. The number of ether oxygens (including phenoxy) is 2. The Hall–Kier alpha value is -7.72. The molecule has 0 aliphatic rings. The Bertz CT molecular complexity index is 2440. The number of pyridine rings is 4. The highest BCUT2D eigenvalue weighted by Gasteiger charge is 2.38. The van der Waals surface area contributed by atoms with Crippen molar-refractivity contribution in [2.45, 2.75) is 91.9 Å². The Balaban J connectivity index is 0.000000248. The third-order valence-electron chi connectivity index (χ3n) is 7.93. The molecule has 20 nitrogen and oxygen atoms in total. The van der Waals surface area contributed by atoms with Gasteiger partial charge in [-0.1, -0.05) is 6.92 Å². The molecule has 0 fully saturated rings. The maximum atomic E-state index is 12.2. The number of alkyl halides is 3. The summed E-state index contributed by atoms with van der Waals surface area (Å²) in [6.45, 7) is 12.7. The van der Waals surface area contributed by atoms with Crippen LogP contribution in [0.5, 0.6) is 0 Å². The zero-order valence-corrected chi connectivity index (χ0v) is 35.8. The molecule has 6 rings (SSSR count). The predicted molar refractivity (Wildman–Crippen MR) is 222 cm³/mol. The second kappa shape index (κ2) is 20.9. The van der Waals surface area contributed by atoms with E-state index in [1.165, 1.54) is 12.3 Å². The Morgan fingerprint density at radius 3 is 1.05 bits per heavy atom. The Kier molecular flexibility index (Phi) is 15.5. The first-order chi connectivity index (χ1) is 30.2. The van der Waals surface area contributed by atoms with E-state index < -0.39 is 35.5 Å². The van der Waals surface area contributed by atoms with Crippen molar-refractivity contribution >= 4 is 18.1 Å². The molecule has 0 radical (unpaired) electrons. The van der Waals surface area contributed by atoms with Gasteiger partial charge in [-0.3, -0.25) is 24.7 Å². The number of nitrogens with one attached hydrogen (secondary N) is 3. The molecule has 0 aliphatic carbocycles. The lowest BCUT2D eigenvalue weighted by atomic mass is 10.2. The number of nitrogens with zero attached hydrogens (tertiary/aromatic N) is 12. The van der Waals surface area contributed by atoms with Gasteiger partial charge in [-0.15, -0.1) is 40.8 Å². The van der Waals surface area contributed by atoms with Crippen LogP contribution in [0.4, 0.5) is 22.8 Å². The molecule has 0 saturated heterocycles. The van der Waals surface area contributed by atoms with E-state index in [0.717, 1.165) is 17.7 Å². The first-order valence-electron chi connectivity index (χ1n) is 19.5. The largest absolute Gasteiger partial charge is 0.471 e. The van der Waals surface area contributed by atoms with Gasteiger partial charge < -0.3 is 25.4 Å². The van der Waals surface area contributed by atoms with Crippen LogP contribution in [0.25, 0.3) is 45.6 Å². The number of carbonyl (C=O) groups excluding carboxylic acids is 3. The maximum Gasteiger partial charge on any atom is 0.471 e. The van der Waals surface area contributed by atoms with E-state index in [9.17, 15) is 27.6 Å². The van der Waals surface area contributed by atoms with Crippen molar-refractivity contribution in [3.05, 3.63) is 96.1 Å². The van der Waals surface area contributed by atoms with Crippen LogP contribution in [0.15, 0.2) is 73.3 Å². The third-order valence-corrected chi connectivity index (χ3v) is 7.93. The van der Waals surface area contributed by atoms with Gasteiger partial charge in [0, 0.05) is 52.7 Å². The Labute approximate surface area is 364 Å². The fourth-order valence-corrected chi connectivity index (χ4v) is 5.10. The summed E-state index contributed by atoms with van der Waals surface area (Å²) in [5, 5.41) is 39.9. The maximum absolute atomic E-state index is 12.2. The monoisotopic (exact) mass is 883 g/mol. The molecule has 0 bridgehead atoms. The Morgan fingerprint density at radius 1 is 0.484 bits per heavy atom. The van der Waals surface area contributed by atoms with Crippen LogP contribution in [-0.2, 0) is 40.3 Å². The van der Waals surface area contributed by atoms with Gasteiger partial charge in [0.2, 0.25) is 23.3 Å². The molecule has 6 aromatic rings. The summed E-state index contributed by atoms with van der Waals surface area (Å²) in [7, 11) is 0. The number of aromatic nitrogens is 12. The molecule has 6 aromatic heterocycles. The SMILES string of the molecule is CC(C)(C)OC(=O)NCc1cc(-c2nnc(-c3ccnc(CNC(=O)OC(C)(C)C)c3)nn2)ccn1.CCc1cc(-c2nnc(-c3ccnc(CNC(=O)C(F)(F)F)c3)nn2)ccn1. The zero-order valence-electron chi connectivity index (χ0n) is 35.8. The highest BCUT2D eigenvalue weighted by Crippen LogP contribution is 2.20. The summed E-state index contributed by atoms with van der Waals surface area (Å²) < 4.78 is 47.2. The lowest BCUT2D eigenvalue weighted by Gasteiger charge is -2.19. The molecule has 3 N–H and O–H groups in total. The normalized spacial score (nSPS) is 11.4. The number of carbonyl (C=O) groups is 3. The summed E-state index contributed by atoms with van der Waals surface area (Å²) in [5.74, 6) is -0.916. The van der Waals surface area contributed by atoms with E-state index in [1.54, 1.807) is 102 Å². The molecular weight excluding hydrogens is 840 g/mol. The number of halogens is 3. The summed E-state index contributed by atoms with van der Waals surface area (Å²) in [5.41, 5.74) is 3.60.